The lowest BCUT2D eigenvalue weighted by molar-refractivity contribution is -0.136. The summed E-state index contributed by atoms with van der Waals surface area (Å²) >= 11 is 1.70. The highest BCUT2D eigenvalue weighted by Crippen LogP contribution is 2.36. The van der Waals surface area contributed by atoms with Crippen LogP contribution in [0.1, 0.15) is 35.9 Å². The molecule has 0 radical (unpaired) electrons. The third-order valence-electron chi connectivity index (χ3n) is 5.47. The van der Waals surface area contributed by atoms with Crippen LogP contribution in [0.2, 0.25) is 0 Å². The number of piperidine rings is 1. The number of thiazole rings is 1. The summed E-state index contributed by atoms with van der Waals surface area (Å²) in [6.45, 7) is 4.04. The van der Waals surface area contributed by atoms with E-state index in [2.05, 4.69) is 9.97 Å². The molecule has 27 heavy (non-hydrogen) atoms. The molecule has 2 aromatic heterocycles. The van der Waals surface area contributed by atoms with Gasteiger partial charge in [0.25, 0.3) is 0 Å². The van der Waals surface area contributed by atoms with E-state index >= 15 is 0 Å². The Labute approximate surface area is 162 Å². The van der Waals surface area contributed by atoms with E-state index in [1.165, 1.54) is 0 Å². The van der Waals surface area contributed by atoms with Gasteiger partial charge in [-0.1, -0.05) is 0 Å². The van der Waals surface area contributed by atoms with Gasteiger partial charge in [0.15, 0.2) is 0 Å². The van der Waals surface area contributed by atoms with Gasteiger partial charge in [-0.05, 0) is 25.8 Å². The van der Waals surface area contributed by atoms with Gasteiger partial charge in [0, 0.05) is 45.2 Å². The molecule has 0 aromatic carbocycles. The van der Waals surface area contributed by atoms with Gasteiger partial charge < -0.3 is 9.80 Å². The van der Waals surface area contributed by atoms with Gasteiger partial charge in [0.05, 0.1) is 27.2 Å². The summed E-state index contributed by atoms with van der Waals surface area (Å²) in [6.07, 6.45) is 5.49. The maximum atomic E-state index is 12.7. The Balaban J connectivity index is 1.40. The molecule has 0 aliphatic carbocycles. The Bertz CT molecular complexity index is 845. The third-order valence-corrected chi connectivity index (χ3v) is 6.82. The van der Waals surface area contributed by atoms with Gasteiger partial charge in [0.2, 0.25) is 11.8 Å². The van der Waals surface area contributed by atoms with Gasteiger partial charge >= 0.3 is 0 Å². The second kappa shape index (κ2) is 7.34. The van der Waals surface area contributed by atoms with E-state index in [1.54, 1.807) is 35.8 Å². The minimum absolute atomic E-state index is 0.0683. The Morgan fingerprint density at radius 2 is 2.07 bits per heavy atom. The topological polar surface area (TPSA) is 79.3 Å². The molecule has 7 nitrogen and oxygen atoms in total. The third kappa shape index (κ3) is 3.58. The highest BCUT2D eigenvalue weighted by molar-refractivity contribution is 7.15. The average Bonchev–Trinajstić information content (AvgIpc) is 3.24. The highest BCUT2D eigenvalue weighted by atomic mass is 32.1. The molecule has 4 rings (SSSR count). The van der Waals surface area contributed by atoms with Gasteiger partial charge in [-0.25, -0.2) is 15.0 Å². The lowest BCUT2D eigenvalue weighted by atomic mass is 9.96. The van der Waals surface area contributed by atoms with Crippen molar-refractivity contribution >= 4 is 23.2 Å². The number of hydrogen-bond donors (Lipinski definition) is 0. The lowest BCUT2D eigenvalue weighted by Crippen LogP contribution is -2.42. The van der Waals surface area contributed by atoms with Gasteiger partial charge in [-0.2, -0.15) is 0 Å². The van der Waals surface area contributed by atoms with Crippen molar-refractivity contribution < 1.29 is 9.59 Å². The molecule has 8 heteroatoms. The molecular formula is C19H23N5O2S. The van der Waals surface area contributed by atoms with Crippen molar-refractivity contribution in [1.29, 1.82) is 0 Å². The molecule has 1 atom stereocenters. The van der Waals surface area contributed by atoms with Crippen molar-refractivity contribution in [3.05, 3.63) is 29.3 Å². The zero-order chi connectivity index (χ0) is 19.0. The van der Waals surface area contributed by atoms with E-state index in [4.69, 9.17) is 4.98 Å². The second-order valence-corrected chi connectivity index (χ2v) is 8.37. The second-order valence-electron chi connectivity index (χ2n) is 7.34. The van der Waals surface area contributed by atoms with Crippen molar-refractivity contribution in [2.24, 2.45) is 5.92 Å². The zero-order valence-electron chi connectivity index (χ0n) is 15.6. The average molecular weight is 385 g/mol. The van der Waals surface area contributed by atoms with Crippen molar-refractivity contribution in [2.75, 3.05) is 26.7 Å². The van der Waals surface area contributed by atoms with Crippen LogP contribution in [0, 0.1) is 12.8 Å². The molecular weight excluding hydrogens is 362 g/mol. The van der Waals surface area contributed by atoms with E-state index in [0.717, 1.165) is 47.2 Å². The first-order valence-corrected chi connectivity index (χ1v) is 10.1. The molecule has 2 amide bonds. The Morgan fingerprint density at radius 1 is 1.30 bits per heavy atom. The van der Waals surface area contributed by atoms with Crippen molar-refractivity contribution in [1.82, 2.24) is 24.8 Å². The van der Waals surface area contributed by atoms with Crippen LogP contribution in [0.4, 0.5) is 0 Å². The molecule has 0 N–H and O–H groups in total. The van der Waals surface area contributed by atoms with Crippen LogP contribution >= 0.6 is 11.3 Å². The van der Waals surface area contributed by atoms with Crippen LogP contribution in [-0.2, 0) is 9.59 Å². The summed E-state index contributed by atoms with van der Waals surface area (Å²) in [5.74, 6) is 0.397. The number of amides is 2. The quantitative estimate of drug-likeness (QED) is 0.808. The number of hydrogen-bond acceptors (Lipinski definition) is 6. The summed E-state index contributed by atoms with van der Waals surface area (Å²) in [7, 11) is 1.77. The summed E-state index contributed by atoms with van der Waals surface area (Å²) in [4.78, 5) is 42.2. The number of aromatic nitrogens is 3. The summed E-state index contributed by atoms with van der Waals surface area (Å²) in [6, 6.07) is 1.91. The van der Waals surface area contributed by atoms with Crippen molar-refractivity contribution in [2.45, 2.75) is 32.1 Å². The largest absolute Gasteiger partial charge is 0.345 e. The monoisotopic (exact) mass is 385 g/mol. The normalized spacial score (nSPS) is 21.1. The van der Waals surface area contributed by atoms with E-state index in [0.29, 0.717) is 18.9 Å². The van der Waals surface area contributed by atoms with Crippen LogP contribution in [0.25, 0.3) is 10.6 Å². The molecule has 2 aromatic rings. The van der Waals surface area contributed by atoms with Gasteiger partial charge in [-0.3, -0.25) is 9.59 Å². The fourth-order valence-electron chi connectivity index (χ4n) is 3.89. The number of rotatable bonds is 3. The Kier molecular flexibility index (Phi) is 4.90. The molecule has 1 unspecified atom stereocenters. The van der Waals surface area contributed by atoms with E-state index < -0.39 is 0 Å². The molecule has 4 heterocycles. The molecule has 2 aliphatic rings. The predicted molar refractivity (Wildman–Crippen MR) is 102 cm³/mol. The first-order chi connectivity index (χ1) is 13.0. The van der Waals surface area contributed by atoms with Crippen LogP contribution in [0.5, 0.6) is 0 Å². The number of nitrogens with zero attached hydrogens (tertiary/aromatic N) is 5. The van der Waals surface area contributed by atoms with Crippen LogP contribution < -0.4 is 0 Å². The smallest absolute Gasteiger partial charge is 0.227 e. The van der Waals surface area contributed by atoms with Crippen LogP contribution in [0.15, 0.2) is 18.6 Å². The number of carbonyl (C=O) groups is 2. The van der Waals surface area contributed by atoms with E-state index in [1.807, 2.05) is 17.9 Å². The molecule has 142 valence electrons. The van der Waals surface area contributed by atoms with Gasteiger partial charge in [-0.15, -0.1) is 11.3 Å². The van der Waals surface area contributed by atoms with Crippen molar-refractivity contribution in [3.63, 3.8) is 0 Å². The molecule has 2 saturated heterocycles. The Morgan fingerprint density at radius 3 is 2.70 bits per heavy atom. The fraction of sp³-hybridized carbons (Fsp3) is 0.526. The Hall–Kier alpha value is -2.35. The maximum absolute atomic E-state index is 12.7. The maximum Gasteiger partial charge on any atom is 0.227 e. The number of aryl methyl sites for hydroxylation is 1. The molecule has 2 aliphatic heterocycles. The molecule has 0 bridgehead atoms. The molecule has 0 spiro atoms. The SMILES string of the molecule is Cc1nc(C2CCN(C(=O)C3CC(=O)N(C)C3)CC2)sc1-c1ccncn1. The summed E-state index contributed by atoms with van der Waals surface area (Å²) < 4.78 is 0. The fourth-order valence-corrected chi connectivity index (χ4v) is 5.10. The van der Waals surface area contributed by atoms with Crippen LogP contribution in [-0.4, -0.2) is 63.2 Å². The number of likely N-dealkylation sites (tertiary alicyclic amines) is 2. The van der Waals surface area contributed by atoms with Crippen molar-refractivity contribution in [3.8, 4) is 10.6 Å². The van der Waals surface area contributed by atoms with E-state index in [9.17, 15) is 9.59 Å². The summed E-state index contributed by atoms with van der Waals surface area (Å²) in [5, 5.41) is 1.13. The standard InChI is InChI=1S/C19H23N5O2S/c1-12-17(15-3-6-20-11-21-15)27-18(22-12)13-4-7-24(8-5-13)19(26)14-9-16(25)23(2)10-14/h3,6,11,13-14H,4-5,7-10H2,1-2H3. The van der Waals surface area contributed by atoms with Crippen LogP contribution in [0.3, 0.4) is 0 Å². The first kappa shape index (κ1) is 18.0. The highest BCUT2D eigenvalue weighted by Gasteiger charge is 2.36. The first-order valence-electron chi connectivity index (χ1n) is 9.29. The van der Waals surface area contributed by atoms with Gasteiger partial charge in [0.1, 0.15) is 6.33 Å². The minimum Gasteiger partial charge on any atom is -0.345 e. The number of carbonyl (C=O) groups excluding carboxylic acids is 2. The zero-order valence-corrected chi connectivity index (χ0v) is 16.4. The van der Waals surface area contributed by atoms with E-state index in [-0.39, 0.29) is 17.7 Å². The lowest BCUT2D eigenvalue weighted by Gasteiger charge is -2.32. The minimum atomic E-state index is -0.175. The summed E-state index contributed by atoms with van der Waals surface area (Å²) in [5.41, 5.74) is 1.91. The molecule has 2 fully saturated rings. The predicted octanol–water partition coefficient (Wildman–Crippen LogP) is 2.09. The molecule has 0 saturated carbocycles.